The van der Waals surface area contributed by atoms with Crippen LogP contribution in [0.5, 0.6) is 0 Å². The molecule has 0 unspecified atom stereocenters. The number of halogens is 2. The van der Waals surface area contributed by atoms with Crippen LogP contribution in [0.1, 0.15) is 49.6 Å². The average molecular weight is 527 g/mol. The number of sulfonamides is 1. The second-order valence-corrected chi connectivity index (χ2v) is 12.7. The van der Waals surface area contributed by atoms with E-state index in [1.807, 2.05) is 11.0 Å². The van der Waals surface area contributed by atoms with Gasteiger partial charge in [0.15, 0.2) is 0 Å². The Morgan fingerprint density at radius 3 is 2.41 bits per heavy atom. The molecule has 0 radical (unpaired) electrons. The third kappa shape index (κ3) is 3.50. The number of aromatic nitrogens is 4. The number of fused-ring (bicyclic) bond motifs is 5. The van der Waals surface area contributed by atoms with Crippen LogP contribution in [0, 0.1) is 17.0 Å². The lowest BCUT2D eigenvalue weighted by molar-refractivity contribution is 0.242. The van der Waals surface area contributed by atoms with Gasteiger partial charge in [-0.1, -0.05) is 19.9 Å². The van der Waals surface area contributed by atoms with Gasteiger partial charge in [-0.15, -0.1) is 5.10 Å². The molecule has 3 aromatic rings. The Hall–Kier alpha value is -3.05. The molecule has 0 amide bonds. The van der Waals surface area contributed by atoms with Crippen molar-refractivity contribution in [2.45, 2.75) is 38.0 Å². The van der Waals surface area contributed by atoms with Gasteiger partial charge in [-0.2, -0.15) is 9.40 Å². The van der Waals surface area contributed by atoms with Gasteiger partial charge >= 0.3 is 0 Å². The van der Waals surface area contributed by atoms with Gasteiger partial charge < -0.3 is 4.90 Å². The number of hydrogen-bond acceptors (Lipinski definition) is 7. The molecule has 2 aromatic heterocycles. The van der Waals surface area contributed by atoms with E-state index in [9.17, 15) is 17.2 Å². The maximum Gasteiger partial charge on any atom is 0.225 e. The third-order valence-corrected chi connectivity index (χ3v) is 9.97. The highest BCUT2D eigenvalue weighted by atomic mass is 32.2. The second kappa shape index (κ2) is 8.22. The van der Waals surface area contributed by atoms with Crippen molar-refractivity contribution in [2.75, 3.05) is 37.3 Å². The molecule has 37 heavy (non-hydrogen) atoms. The van der Waals surface area contributed by atoms with Crippen molar-refractivity contribution < 1.29 is 17.2 Å². The Bertz CT molecular complexity index is 1490. The van der Waals surface area contributed by atoms with E-state index in [1.54, 1.807) is 12.3 Å². The first kappa shape index (κ1) is 24.3. The number of nitrogens with zero attached hydrogens (tertiary/aromatic N) is 6. The van der Waals surface area contributed by atoms with Crippen LogP contribution in [0.3, 0.4) is 0 Å². The number of piperazine rings is 1. The number of rotatable bonds is 4. The van der Waals surface area contributed by atoms with Crippen LogP contribution < -0.4 is 4.90 Å². The molecular weight excluding hydrogens is 498 g/mol. The lowest BCUT2D eigenvalue weighted by Gasteiger charge is -2.38. The van der Waals surface area contributed by atoms with Crippen LogP contribution in [0.25, 0.3) is 11.3 Å². The highest BCUT2D eigenvalue weighted by Crippen LogP contribution is 2.69. The molecule has 2 aliphatic carbocycles. The summed E-state index contributed by atoms with van der Waals surface area (Å²) in [6, 6.07) is 7.50. The van der Waals surface area contributed by atoms with Crippen LogP contribution in [-0.2, 0) is 15.4 Å². The Morgan fingerprint density at radius 2 is 1.73 bits per heavy atom. The first-order valence-electron chi connectivity index (χ1n) is 12.4. The van der Waals surface area contributed by atoms with Crippen molar-refractivity contribution in [3.8, 4) is 11.3 Å². The summed E-state index contributed by atoms with van der Waals surface area (Å²) >= 11 is 0. The Labute approximate surface area is 214 Å². The lowest BCUT2D eigenvalue weighted by Crippen LogP contribution is -2.49. The quantitative estimate of drug-likeness (QED) is 0.514. The molecule has 1 aromatic carbocycles. The molecule has 2 fully saturated rings. The maximum absolute atomic E-state index is 14.5. The topological polar surface area (TPSA) is 92.2 Å². The van der Waals surface area contributed by atoms with Gasteiger partial charge in [-0.25, -0.2) is 27.2 Å². The summed E-state index contributed by atoms with van der Waals surface area (Å²) in [6.07, 6.45) is 4.70. The summed E-state index contributed by atoms with van der Waals surface area (Å²) in [5, 5.41) is 8.89. The predicted octanol–water partition coefficient (Wildman–Crippen LogP) is 3.50. The average Bonchev–Trinajstić information content (AvgIpc) is 3.24. The van der Waals surface area contributed by atoms with Gasteiger partial charge in [0.1, 0.15) is 11.6 Å². The van der Waals surface area contributed by atoms with Gasteiger partial charge in [0.2, 0.25) is 16.0 Å². The van der Waals surface area contributed by atoms with Gasteiger partial charge in [-0.05, 0) is 54.0 Å². The van der Waals surface area contributed by atoms with Crippen LogP contribution in [0.4, 0.5) is 14.7 Å². The van der Waals surface area contributed by atoms with E-state index in [2.05, 4.69) is 29.0 Å². The van der Waals surface area contributed by atoms with Gasteiger partial charge in [0.05, 0.1) is 34.3 Å². The molecule has 0 spiro atoms. The second-order valence-electron chi connectivity index (χ2n) is 10.7. The summed E-state index contributed by atoms with van der Waals surface area (Å²) < 4.78 is 54.3. The zero-order valence-electron chi connectivity index (χ0n) is 20.9. The van der Waals surface area contributed by atoms with Gasteiger partial charge in [0, 0.05) is 32.4 Å². The minimum absolute atomic E-state index is 0.142. The minimum Gasteiger partial charge on any atom is -0.338 e. The Kier molecular flexibility index (Phi) is 5.40. The SMILES string of the molecule is CC1(C)[C@H]2CC[C@@]1(c1ccnc(N3CCN(S(C)(=O)=O)CC3)n1)c1nnc(-c3c(F)cccc3F)cc12. The molecule has 8 nitrogen and oxygen atoms in total. The van der Waals surface area contributed by atoms with E-state index < -0.39 is 27.1 Å². The highest BCUT2D eigenvalue weighted by molar-refractivity contribution is 7.88. The Morgan fingerprint density at radius 1 is 1.03 bits per heavy atom. The minimum atomic E-state index is -3.24. The van der Waals surface area contributed by atoms with E-state index >= 15 is 0 Å². The fraction of sp³-hybridized carbons (Fsp3) is 0.462. The molecule has 1 aliphatic heterocycles. The van der Waals surface area contributed by atoms with Crippen LogP contribution in [0.2, 0.25) is 0 Å². The number of anilines is 1. The monoisotopic (exact) mass is 526 g/mol. The van der Waals surface area contributed by atoms with Crippen LogP contribution >= 0.6 is 0 Å². The number of hydrogen-bond donors (Lipinski definition) is 0. The van der Waals surface area contributed by atoms with Crippen molar-refractivity contribution >= 4 is 16.0 Å². The molecular formula is C26H28F2N6O2S. The molecule has 2 bridgehead atoms. The highest BCUT2D eigenvalue weighted by Gasteiger charge is 2.65. The van der Waals surface area contributed by atoms with Crippen LogP contribution in [0.15, 0.2) is 36.5 Å². The summed E-state index contributed by atoms with van der Waals surface area (Å²) in [4.78, 5) is 11.5. The maximum atomic E-state index is 14.5. The molecule has 1 saturated carbocycles. The molecule has 3 aliphatic rings. The smallest absolute Gasteiger partial charge is 0.225 e. The van der Waals surface area contributed by atoms with Gasteiger partial charge in [-0.3, -0.25) is 0 Å². The zero-order valence-corrected chi connectivity index (χ0v) is 21.8. The zero-order chi connectivity index (χ0) is 26.2. The molecule has 3 heterocycles. The first-order chi connectivity index (χ1) is 17.5. The van der Waals surface area contributed by atoms with Crippen molar-refractivity contribution in [3.63, 3.8) is 0 Å². The van der Waals surface area contributed by atoms with Crippen molar-refractivity contribution in [2.24, 2.45) is 5.41 Å². The van der Waals surface area contributed by atoms with Crippen molar-refractivity contribution in [3.05, 3.63) is 65.1 Å². The molecule has 6 rings (SSSR count). The lowest BCUT2D eigenvalue weighted by atomic mass is 9.66. The van der Waals surface area contributed by atoms with E-state index in [0.717, 1.165) is 29.8 Å². The molecule has 194 valence electrons. The Balaban J connectivity index is 1.40. The van der Waals surface area contributed by atoms with E-state index in [4.69, 9.17) is 4.98 Å². The standard InChI is InChI=1S/C26H28F2N6O2S/c1-25(2)17-7-9-26(25,23-16(17)15-20(31-32-23)22-18(27)5-4-6-19(22)28)21-8-10-29-24(30-21)33-11-13-34(14-12-33)37(3,35)36/h4-6,8,10,15,17H,7,9,11-14H2,1-3H3/t17-,26+/m0/s1. The van der Waals surface area contributed by atoms with Crippen LogP contribution in [-0.4, -0.2) is 65.3 Å². The fourth-order valence-electron chi connectivity index (χ4n) is 6.71. The molecule has 2 atom stereocenters. The normalized spacial score (nSPS) is 24.9. The predicted molar refractivity (Wildman–Crippen MR) is 135 cm³/mol. The van der Waals surface area contributed by atoms with E-state index in [0.29, 0.717) is 32.1 Å². The molecule has 1 saturated heterocycles. The first-order valence-corrected chi connectivity index (χ1v) is 14.2. The summed E-state index contributed by atoms with van der Waals surface area (Å²) in [7, 11) is -3.24. The summed E-state index contributed by atoms with van der Waals surface area (Å²) in [6.45, 7) is 6.17. The van der Waals surface area contributed by atoms with Crippen molar-refractivity contribution in [1.82, 2.24) is 24.5 Å². The van der Waals surface area contributed by atoms with Crippen molar-refractivity contribution in [1.29, 1.82) is 0 Å². The molecule has 0 N–H and O–H groups in total. The summed E-state index contributed by atoms with van der Waals surface area (Å²) in [5.41, 5.74) is 1.88. The van der Waals surface area contributed by atoms with E-state index in [1.165, 1.54) is 28.8 Å². The molecule has 11 heteroatoms. The van der Waals surface area contributed by atoms with E-state index in [-0.39, 0.29) is 22.6 Å². The largest absolute Gasteiger partial charge is 0.338 e. The third-order valence-electron chi connectivity index (χ3n) is 8.67. The van der Waals surface area contributed by atoms with Gasteiger partial charge in [0.25, 0.3) is 0 Å². The fourth-order valence-corrected chi connectivity index (χ4v) is 7.54. The summed E-state index contributed by atoms with van der Waals surface area (Å²) in [5.74, 6) is -0.625. The number of benzene rings is 1.